The van der Waals surface area contributed by atoms with Gasteiger partial charge in [-0.3, -0.25) is 14.9 Å². The first-order valence-electron chi connectivity index (χ1n) is 15.7. The smallest absolute Gasteiger partial charge is 0.283 e. The predicted molar refractivity (Wildman–Crippen MR) is 189 cm³/mol. The fourth-order valence-electron chi connectivity index (χ4n) is 5.54. The van der Waals surface area contributed by atoms with Gasteiger partial charge >= 0.3 is 12.4 Å². The maximum absolute atomic E-state index is 14.0. The van der Waals surface area contributed by atoms with Crippen molar-refractivity contribution in [1.29, 1.82) is 0 Å². The van der Waals surface area contributed by atoms with E-state index in [4.69, 9.17) is 23.2 Å². The van der Waals surface area contributed by atoms with Crippen LogP contribution in [0, 0.1) is 11.8 Å². The molecule has 0 aliphatic carbocycles. The molecule has 1 aliphatic rings. The number of benzene rings is 2. The Kier molecular flexibility index (Phi) is 11.2. The lowest BCUT2D eigenvalue weighted by Crippen LogP contribution is -2.45. The van der Waals surface area contributed by atoms with Crippen LogP contribution in [0.3, 0.4) is 0 Å². The van der Waals surface area contributed by atoms with Crippen LogP contribution in [-0.4, -0.2) is 46.9 Å². The van der Waals surface area contributed by atoms with Crippen LogP contribution in [0.5, 0.6) is 0 Å². The van der Waals surface area contributed by atoms with E-state index >= 15 is 0 Å². The number of thiol groups is 1. The highest BCUT2D eigenvalue weighted by Crippen LogP contribution is 2.38. The number of halogens is 8. The van der Waals surface area contributed by atoms with Crippen molar-refractivity contribution in [1.82, 2.24) is 24.9 Å². The molecule has 278 valence electrons. The topological polar surface area (TPSA) is 92.5 Å². The highest BCUT2D eigenvalue weighted by Gasteiger charge is 2.34. The number of hydrogen-bond acceptors (Lipinski definition) is 6. The number of hydrogen-bond donors (Lipinski definition) is 2. The van der Waals surface area contributed by atoms with Crippen molar-refractivity contribution in [2.24, 2.45) is 0 Å². The van der Waals surface area contributed by atoms with Gasteiger partial charge in [-0.25, -0.2) is 22.5 Å². The monoisotopic (exact) mass is 814 g/mol. The number of alkyl halides is 6. The van der Waals surface area contributed by atoms with Crippen molar-refractivity contribution in [2.75, 3.05) is 17.5 Å². The second kappa shape index (κ2) is 15.5. The molecular formula is C34H26Cl2F6N6O3S2. The van der Waals surface area contributed by atoms with Crippen molar-refractivity contribution >= 4 is 51.3 Å². The minimum atomic E-state index is -4.76. The van der Waals surface area contributed by atoms with Crippen LogP contribution in [0.4, 0.5) is 26.3 Å². The average molecular weight is 816 g/mol. The summed E-state index contributed by atoms with van der Waals surface area (Å²) in [6, 6.07) is 12.7. The van der Waals surface area contributed by atoms with Gasteiger partial charge in [-0.1, -0.05) is 41.5 Å². The zero-order valence-electron chi connectivity index (χ0n) is 27.0. The van der Waals surface area contributed by atoms with E-state index < -0.39 is 46.8 Å². The summed E-state index contributed by atoms with van der Waals surface area (Å²) in [5.74, 6) is 5.02. The molecule has 1 N–H and O–H groups in total. The minimum Gasteiger partial charge on any atom is -0.283 e. The average Bonchev–Trinajstić information content (AvgIpc) is 3.85. The Balaban J connectivity index is 1.50. The first-order valence-corrected chi connectivity index (χ1v) is 18.4. The Bertz CT molecular complexity index is 2270. The number of nitrogens with zero attached hydrogens (tertiary/aromatic N) is 5. The Morgan fingerprint density at radius 1 is 0.906 bits per heavy atom. The largest absolute Gasteiger partial charge is 0.417 e. The summed E-state index contributed by atoms with van der Waals surface area (Å²) in [4.78, 5) is 14.8. The van der Waals surface area contributed by atoms with Crippen molar-refractivity contribution in [3.8, 4) is 28.1 Å². The van der Waals surface area contributed by atoms with E-state index in [-0.39, 0.29) is 32.7 Å². The molecule has 1 aliphatic heterocycles. The molecule has 5 aromatic rings. The van der Waals surface area contributed by atoms with Crippen LogP contribution in [0.2, 0.25) is 10.0 Å². The molecule has 0 atom stereocenters. The number of thiophene rings is 1. The molecule has 1 fully saturated rings. The summed E-state index contributed by atoms with van der Waals surface area (Å²) < 4.78 is 108. The van der Waals surface area contributed by atoms with Gasteiger partial charge in [0.2, 0.25) is 10.9 Å². The fourth-order valence-corrected chi connectivity index (χ4v) is 7.48. The van der Waals surface area contributed by atoms with Gasteiger partial charge in [0, 0.05) is 41.6 Å². The van der Waals surface area contributed by atoms with Crippen molar-refractivity contribution in [3.05, 3.63) is 116 Å². The van der Waals surface area contributed by atoms with Crippen LogP contribution in [0.25, 0.3) is 16.3 Å². The number of carbonyl (C=O) groups is 1. The molecule has 0 radical (unpaired) electrons. The summed E-state index contributed by atoms with van der Waals surface area (Å²) in [7, 11) is -3.59. The zero-order valence-corrected chi connectivity index (χ0v) is 30.2. The van der Waals surface area contributed by atoms with Gasteiger partial charge in [0.1, 0.15) is 0 Å². The van der Waals surface area contributed by atoms with E-state index in [0.29, 0.717) is 45.1 Å². The van der Waals surface area contributed by atoms with Gasteiger partial charge in [-0.15, -0.1) is 11.3 Å². The quantitative estimate of drug-likeness (QED) is 0.0944. The third kappa shape index (κ3) is 8.85. The number of amides is 1. The van der Waals surface area contributed by atoms with E-state index in [9.17, 15) is 39.6 Å². The maximum Gasteiger partial charge on any atom is 0.417 e. The molecule has 9 nitrogen and oxygen atoms in total. The second-order valence-electron chi connectivity index (χ2n) is 11.7. The van der Waals surface area contributed by atoms with Crippen LogP contribution >= 0.6 is 34.5 Å². The summed E-state index contributed by atoms with van der Waals surface area (Å²) in [5.41, 5.74) is 1.42. The van der Waals surface area contributed by atoms with E-state index in [1.54, 1.807) is 17.1 Å². The maximum atomic E-state index is 14.0. The SMILES string of the molecule is O=C(NN1CCCCC1)c1nn(-c2ccc(Cl)cc2Cl)c(-c2ccc(C#Cc3ccc(C(F)(F)F)cc3)s2)c1CN(n1ccc(C(F)(F)F)c1)[SH](=O)=O. The van der Waals surface area contributed by atoms with E-state index in [2.05, 4.69) is 22.4 Å². The standard InChI is InChI=1S/C34H26Cl2F6N6O3S2/c35-24-9-12-28(27(36)18-24)48-31(29-13-11-25(52-29)10-6-21-4-7-22(8-5-21)33(37,38)39)26(30(43-48)32(49)44-45-15-2-1-3-16-45)20-47(53(50)51)46-17-14-23(19-46)34(40,41)42/h4-5,7-9,11-14,17-19,53H,1-3,15-16,20H2,(H,44,49). The zero-order chi connectivity index (χ0) is 38.1. The van der Waals surface area contributed by atoms with Crippen LogP contribution in [-0.2, 0) is 29.8 Å². The number of piperidine rings is 1. The molecule has 0 saturated carbocycles. The number of rotatable bonds is 8. The third-order valence-electron chi connectivity index (χ3n) is 8.09. The van der Waals surface area contributed by atoms with Crippen LogP contribution in [0.1, 0.15) is 56.9 Å². The fraction of sp³-hybridized carbons (Fsp3) is 0.235. The normalized spacial score (nSPS) is 13.9. The number of nitrogens with one attached hydrogen (secondary N) is 1. The molecule has 0 spiro atoms. The lowest BCUT2D eigenvalue weighted by Gasteiger charge is -2.26. The van der Waals surface area contributed by atoms with Crippen LogP contribution in [0.15, 0.2) is 73.1 Å². The van der Waals surface area contributed by atoms with E-state index in [0.717, 1.165) is 53.6 Å². The summed E-state index contributed by atoms with van der Waals surface area (Å²) >= 11 is 13.9. The van der Waals surface area contributed by atoms with Gasteiger partial charge in [0.15, 0.2) is 5.69 Å². The molecule has 4 heterocycles. The third-order valence-corrected chi connectivity index (χ3v) is 10.4. The van der Waals surface area contributed by atoms with Gasteiger partial charge in [-0.05, 0) is 73.5 Å². The lowest BCUT2D eigenvalue weighted by molar-refractivity contribution is -0.138. The highest BCUT2D eigenvalue weighted by molar-refractivity contribution is 7.73. The van der Waals surface area contributed by atoms with Gasteiger partial charge in [-0.2, -0.15) is 31.4 Å². The van der Waals surface area contributed by atoms with Crippen molar-refractivity contribution in [3.63, 3.8) is 0 Å². The first-order chi connectivity index (χ1) is 25.1. The molecule has 3 aromatic heterocycles. The molecule has 2 aromatic carbocycles. The number of carbonyl (C=O) groups excluding carboxylic acids is 1. The number of aromatic nitrogens is 3. The Hall–Kier alpha value is -4.47. The first kappa shape index (κ1) is 38.3. The van der Waals surface area contributed by atoms with Gasteiger partial charge in [0.05, 0.1) is 43.8 Å². The van der Waals surface area contributed by atoms with Gasteiger partial charge < -0.3 is 0 Å². The number of hydrazine groups is 1. The molecular weight excluding hydrogens is 789 g/mol. The van der Waals surface area contributed by atoms with Crippen molar-refractivity contribution < 1.29 is 39.6 Å². The summed E-state index contributed by atoms with van der Waals surface area (Å²) in [5, 5.41) is 6.72. The molecule has 53 heavy (non-hydrogen) atoms. The molecule has 19 heteroatoms. The van der Waals surface area contributed by atoms with Gasteiger partial charge in [0.25, 0.3) is 5.91 Å². The molecule has 6 rings (SSSR count). The molecule has 0 bridgehead atoms. The minimum absolute atomic E-state index is 0.0242. The molecule has 1 amide bonds. The molecule has 1 saturated heterocycles. The summed E-state index contributed by atoms with van der Waals surface area (Å²) in [6.07, 6.45) is -5.13. The lowest BCUT2D eigenvalue weighted by atomic mass is 10.1. The summed E-state index contributed by atoms with van der Waals surface area (Å²) in [6.45, 7) is 0.454. The van der Waals surface area contributed by atoms with E-state index in [1.807, 2.05) is 0 Å². The molecule has 0 unspecified atom stereocenters. The second-order valence-corrected chi connectivity index (χ2v) is 14.6. The Morgan fingerprint density at radius 3 is 2.23 bits per heavy atom. The Labute approximate surface area is 314 Å². The van der Waals surface area contributed by atoms with E-state index in [1.165, 1.54) is 35.0 Å². The Morgan fingerprint density at radius 2 is 1.60 bits per heavy atom. The van der Waals surface area contributed by atoms with Crippen molar-refractivity contribution in [2.45, 2.75) is 38.2 Å². The highest BCUT2D eigenvalue weighted by atomic mass is 35.5. The van der Waals surface area contributed by atoms with Crippen LogP contribution < -0.4 is 9.84 Å². The predicted octanol–water partition coefficient (Wildman–Crippen LogP) is 7.94.